The summed E-state index contributed by atoms with van der Waals surface area (Å²) in [5, 5.41) is 11.7. The quantitative estimate of drug-likeness (QED) is 0.546. The van der Waals surface area contributed by atoms with Crippen molar-refractivity contribution in [1.82, 2.24) is 5.32 Å². The summed E-state index contributed by atoms with van der Waals surface area (Å²) in [6.45, 7) is 2.48. The highest BCUT2D eigenvalue weighted by Crippen LogP contribution is 2.06. The molecule has 102 valence electrons. The Labute approximate surface area is 105 Å². The molecule has 0 aromatic heterocycles. The number of rotatable bonds is 11. The van der Waals surface area contributed by atoms with Gasteiger partial charge in [-0.2, -0.15) is 0 Å². The first-order valence-electron chi connectivity index (χ1n) is 6.63. The lowest BCUT2D eigenvalue weighted by molar-refractivity contribution is -0.122. The molecule has 0 aliphatic carbocycles. The molecule has 0 saturated heterocycles. The van der Waals surface area contributed by atoms with Crippen LogP contribution in [0.3, 0.4) is 0 Å². The van der Waals surface area contributed by atoms with Crippen molar-refractivity contribution in [1.29, 1.82) is 0 Å². The predicted octanol–water partition coefficient (Wildman–Crippen LogP) is 1.86. The molecule has 4 heteroatoms. The van der Waals surface area contributed by atoms with Gasteiger partial charge in [-0.15, -0.1) is 0 Å². The molecule has 0 aromatic carbocycles. The van der Waals surface area contributed by atoms with Gasteiger partial charge >= 0.3 is 0 Å². The number of carbonyl (C=O) groups is 1. The van der Waals surface area contributed by atoms with Crippen LogP contribution < -0.4 is 5.32 Å². The number of methoxy groups -OCH3 is 1. The highest BCUT2D eigenvalue weighted by Gasteiger charge is 2.10. The lowest BCUT2D eigenvalue weighted by atomic mass is 10.1. The second kappa shape index (κ2) is 11.9. The van der Waals surface area contributed by atoms with Crippen molar-refractivity contribution in [3.8, 4) is 0 Å². The minimum Gasteiger partial charge on any atom is -0.394 e. The lowest BCUT2D eigenvalue weighted by Crippen LogP contribution is -2.40. The fourth-order valence-electron chi connectivity index (χ4n) is 1.71. The number of hydrogen-bond acceptors (Lipinski definition) is 3. The summed E-state index contributed by atoms with van der Waals surface area (Å²) in [5.41, 5.74) is 0. The summed E-state index contributed by atoms with van der Waals surface area (Å²) in [4.78, 5) is 11.5. The normalized spacial score (nSPS) is 12.4. The van der Waals surface area contributed by atoms with E-state index in [9.17, 15) is 4.79 Å². The molecule has 0 fully saturated rings. The Kier molecular flexibility index (Phi) is 11.4. The van der Waals surface area contributed by atoms with Gasteiger partial charge in [0, 0.05) is 13.5 Å². The molecule has 1 amide bonds. The minimum atomic E-state index is -0.271. The van der Waals surface area contributed by atoms with E-state index in [2.05, 4.69) is 12.2 Å². The molecule has 0 heterocycles. The standard InChI is InChI=1S/C13H27NO3/c1-3-4-5-6-7-8-9-13(16)14-12(10-15)11-17-2/h12,15H,3-11H2,1-2H3,(H,14,16). The number of aliphatic hydroxyl groups is 1. The molecule has 2 N–H and O–H groups in total. The maximum absolute atomic E-state index is 11.5. The number of amides is 1. The maximum Gasteiger partial charge on any atom is 0.220 e. The number of unbranched alkanes of at least 4 members (excludes halogenated alkanes) is 5. The monoisotopic (exact) mass is 245 g/mol. The minimum absolute atomic E-state index is 0.0107. The highest BCUT2D eigenvalue weighted by atomic mass is 16.5. The Hall–Kier alpha value is -0.610. The van der Waals surface area contributed by atoms with Gasteiger partial charge in [-0.1, -0.05) is 39.0 Å². The molecular formula is C13H27NO3. The van der Waals surface area contributed by atoms with Crippen molar-refractivity contribution < 1.29 is 14.6 Å². The first kappa shape index (κ1) is 16.4. The molecule has 0 bridgehead atoms. The number of carbonyl (C=O) groups excluding carboxylic acids is 1. The SMILES string of the molecule is CCCCCCCCC(=O)NC(CO)COC. The second-order valence-corrected chi connectivity index (χ2v) is 4.42. The second-order valence-electron chi connectivity index (χ2n) is 4.42. The summed E-state index contributed by atoms with van der Waals surface area (Å²) < 4.78 is 4.89. The molecule has 0 aromatic rings. The van der Waals surface area contributed by atoms with Crippen molar-refractivity contribution in [2.45, 2.75) is 57.9 Å². The first-order chi connectivity index (χ1) is 8.24. The number of nitrogens with one attached hydrogen (secondary N) is 1. The number of hydrogen-bond donors (Lipinski definition) is 2. The van der Waals surface area contributed by atoms with E-state index >= 15 is 0 Å². The van der Waals surface area contributed by atoms with Crippen molar-refractivity contribution >= 4 is 5.91 Å². The van der Waals surface area contributed by atoms with Crippen LogP contribution in [0.2, 0.25) is 0 Å². The Morgan fingerprint density at radius 1 is 1.24 bits per heavy atom. The van der Waals surface area contributed by atoms with Gasteiger partial charge in [-0.05, 0) is 6.42 Å². The van der Waals surface area contributed by atoms with Gasteiger partial charge in [0.25, 0.3) is 0 Å². The average Bonchev–Trinajstić information content (AvgIpc) is 2.33. The molecule has 0 saturated carbocycles. The van der Waals surface area contributed by atoms with E-state index in [1.165, 1.54) is 25.7 Å². The van der Waals surface area contributed by atoms with Crippen LogP contribution in [-0.4, -0.2) is 37.4 Å². The van der Waals surface area contributed by atoms with Gasteiger partial charge < -0.3 is 15.2 Å². The van der Waals surface area contributed by atoms with Crippen LogP contribution in [0.1, 0.15) is 51.9 Å². The largest absolute Gasteiger partial charge is 0.394 e. The highest BCUT2D eigenvalue weighted by molar-refractivity contribution is 5.76. The van der Waals surface area contributed by atoms with E-state index in [0.717, 1.165) is 12.8 Å². The Balaban J connectivity index is 3.44. The average molecular weight is 245 g/mol. The third kappa shape index (κ3) is 10.3. The fraction of sp³-hybridized carbons (Fsp3) is 0.923. The van der Waals surface area contributed by atoms with Crippen LogP contribution >= 0.6 is 0 Å². The van der Waals surface area contributed by atoms with Crippen LogP contribution in [0.5, 0.6) is 0 Å². The van der Waals surface area contributed by atoms with E-state index in [1.54, 1.807) is 7.11 Å². The smallest absolute Gasteiger partial charge is 0.220 e. The van der Waals surface area contributed by atoms with Crippen molar-refractivity contribution in [2.24, 2.45) is 0 Å². The molecule has 0 spiro atoms. The lowest BCUT2D eigenvalue weighted by Gasteiger charge is -2.14. The van der Waals surface area contributed by atoms with Crippen molar-refractivity contribution in [2.75, 3.05) is 20.3 Å². The van der Waals surface area contributed by atoms with Gasteiger partial charge in [0.05, 0.1) is 19.3 Å². The molecule has 0 radical (unpaired) electrons. The van der Waals surface area contributed by atoms with Gasteiger partial charge in [-0.25, -0.2) is 0 Å². The van der Waals surface area contributed by atoms with Gasteiger partial charge in [0.1, 0.15) is 0 Å². The summed E-state index contributed by atoms with van der Waals surface area (Å²) in [5.74, 6) is 0.0107. The molecule has 0 rings (SSSR count). The van der Waals surface area contributed by atoms with Crippen LogP contribution in [0, 0.1) is 0 Å². The van der Waals surface area contributed by atoms with E-state index < -0.39 is 0 Å². The summed E-state index contributed by atoms with van der Waals surface area (Å²) in [6.07, 6.45) is 7.60. The Bertz CT molecular complexity index is 186. The zero-order chi connectivity index (χ0) is 12.9. The molecule has 1 atom stereocenters. The van der Waals surface area contributed by atoms with Gasteiger partial charge in [0.2, 0.25) is 5.91 Å². The van der Waals surface area contributed by atoms with E-state index in [4.69, 9.17) is 9.84 Å². The fourth-order valence-corrected chi connectivity index (χ4v) is 1.71. The zero-order valence-corrected chi connectivity index (χ0v) is 11.2. The van der Waals surface area contributed by atoms with Crippen LogP contribution in [-0.2, 0) is 9.53 Å². The van der Waals surface area contributed by atoms with Gasteiger partial charge in [0.15, 0.2) is 0 Å². The van der Waals surface area contributed by atoms with Gasteiger partial charge in [-0.3, -0.25) is 4.79 Å². The zero-order valence-electron chi connectivity index (χ0n) is 11.2. The number of aliphatic hydroxyl groups excluding tert-OH is 1. The topological polar surface area (TPSA) is 58.6 Å². The van der Waals surface area contributed by atoms with E-state index in [0.29, 0.717) is 13.0 Å². The third-order valence-electron chi connectivity index (χ3n) is 2.71. The first-order valence-corrected chi connectivity index (χ1v) is 6.63. The molecule has 17 heavy (non-hydrogen) atoms. The van der Waals surface area contributed by atoms with Crippen LogP contribution in [0.4, 0.5) is 0 Å². The van der Waals surface area contributed by atoms with E-state index in [-0.39, 0.29) is 18.6 Å². The van der Waals surface area contributed by atoms with Crippen molar-refractivity contribution in [3.63, 3.8) is 0 Å². The van der Waals surface area contributed by atoms with E-state index in [1.807, 2.05) is 0 Å². The summed E-state index contributed by atoms with van der Waals surface area (Å²) in [6, 6.07) is -0.271. The molecular weight excluding hydrogens is 218 g/mol. The van der Waals surface area contributed by atoms with Crippen LogP contribution in [0.25, 0.3) is 0 Å². The molecule has 0 aliphatic heterocycles. The summed E-state index contributed by atoms with van der Waals surface area (Å²) >= 11 is 0. The number of ether oxygens (including phenoxy) is 1. The van der Waals surface area contributed by atoms with Crippen LogP contribution in [0.15, 0.2) is 0 Å². The summed E-state index contributed by atoms with van der Waals surface area (Å²) in [7, 11) is 1.56. The predicted molar refractivity (Wildman–Crippen MR) is 68.9 cm³/mol. The maximum atomic E-state index is 11.5. The third-order valence-corrected chi connectivity index (χ3v) is 2.71. The molecule has 1 unspecified atom stereocenters. The molecule has 4 nitrogen and oxygen atoms in total. The molecule has 0 aliphatic rings. The van der Waals surface area contributed by atoms with Crippen molar-refractivity contribution in [3.05, 3.63) is 0 Å². The Morgan fingerprint density at radius 3 is 2.47 bits per heavy atom. The Morgan fingerprint density at radius 2 is 1.88 bits per heavy atom.